The molecule has 0 unspecified atom stereocenters. The molecule has 1 heterocycles. The highest BCUT2D eigenvalue weighted by Crippen LogP contribution is 2.33. The van der Waals surface area contributed by atoms with E-state index in [0.717, 1.165) is 0 Å². The van der Waals surface area contributed by atoms with Crippen molar-refractivity contribution in [3.05, 3.63) is 53.4 Å². The molecular formula is C16H10Cl2F2N3O2. The van der Waals surface area contributed by atoms with Crippen molar-refractivity contribution in [1.29, 1.82) is 0 Å². The van der Waals surface area contributed by atoms with Crippen molar-refractivity contribution in [3.63, 3.8) is 0 Å². The van der Waals surface area contributed by atoms with Crippen LogP contribution in [0.25, 0.3) is 11.4 Å². The number of halogens is 4. The van der Waals surface area contributed by atoms with Gasteiger partial charge in [0.2, 0.25) is 5.82 Å². The van der Waals surface area contributed by atoms with Crippen LogP contribution in [-0.4, -0.2) is 17.3 Å². The molecule has 0 atom stereocenters. The van der Waals surface area contributed by atoms with Crippen LogP contribution < -0.4 is 10.1 Å². The first kappa shape index (κ1) is 17.4. The van der Waals surface area contributed by atoms with Gasteiger partial charge in [-0.15, -0.1) is 0 Å². The van der Waals surface area contributed by atoms with Gasteiger partial charge in [0.05, 0.1) is 17.8 Å². The van der Waals surface area contributed by atoms with Crippen molar-refractivity contribution in [3.8, 4) is 17.1 Å². The molecule has 1 N–H and O–H groups in total. The van der Waals surface area contributed by atoms with Crippen LogP contribution >= 0.6 is 23.2 Å². The van der Waals surface area contributed by atoms with Crippen molar-refractivity contribution in [1.82, 2.24) is 10.1 Å². The fourth-order valence-corrected chi connectivity index (χ4v) is 2.30. The van der Waals surface area contributed by atoms with E-state index in [1.54, 1.807) is 43.5 Å². The number of methoxy groups -OCH3 is 1. The summed E-state index contributed by atoms with van der Waals surface area (Å²) in [5.74, 6) is -0.368. The van der Waals surface area contributed by atoms with E-state index in [-0.39, 0.29) is 5.82 Å². The lowest BCUT2D eigenvalue weighted by molar-refractivity contribution is 0.0551. The molecule has 0 aliphatic carbocycles. The van der Waals surface area contributed by atoms with Gasteiger partial charge in [-0.3, -0.25) is 0 Å². The van der Waals surface area contributed by atoms with Gasteiger partial charge in [-0.2, -0.15) is 13.8 Å². The molecule has 9 heteroatoms. The Labute approximate surface area is 151 Å². The molecule has 0 aliphatic heterocycles. The summed E-state index contributed by atoms with van der Waals surface area (Å²) in [5, 5.41) is 3.30. The lowest BCUT2D eigenvalue weighted by Gasteiger charge is -2.10. The van der Waals surface area contributed by atoms with Crippen molar-refractivity contribution in [2.24, 2.45) is 0 Å². The Hall–Kier alpha value is -2.38. The van der Waals surface area contributed by atoms with Gasteiger partial charge in [0.15, 0.2) is 0 Å². The van der Waals surface area contributed by atoms with Gasteiger partial charge in [0.25, 0.3) is 0 Å². The van der Waals surface area contributed by atoms with Crippen molar-refractivity contribution in [2.75, 3.05) is 12.4 Å². The molecule has 1 radical (unpaired) electrons. The van der Waals surface area contributed by atoms with Crippen LogP contribution in [0.5, 0.6) is 5.75 Å². The number of anilines is 2. The summed E-state index contributed by atoms with van der Waals surface area (Å²) in [7, 11) is 1.54. The van der Waals surface area contributed by atoms with Gasteiger partial charge in [-0.05, 0) is 29.8 Å². The maximum atomic E-state index is 13.0. The Morgan fingerprint density at radius 1 is 1.28 bits per heavy atom. The molecule has 0 amide bonds. The molecule has 5 nitrogen and oxygen atoms in total. The molecule has 1 aromatic heterocycles. The zero-order valence-electron chi connectivity index (χ0n) is 12.7. The largest absolute Gasteiger partial charge is 0.497 e. The molecule has 0 spiro atoms. The smallest absolute Gasteiger partial charge is 0.400 e. The summed E-state index contributed by atoms with van der Waals surface area (Å²) in [4.78, 5) is 3.60. The molecule has 2 aromatic carbocycles. The van der Waals surface area contributed by atoms with Crippen LogP contribution in [0.3, 0.4) is 0 Å². The third kappa shape index (κ3) is 4.00. The fourth-order valence-electron chi connectivity index (χ4n) is 2.00. The standard InChI is InChI=1S/C16H10Cl2F2N3O2/c1-24-11-5-6-13(12(17)8-11)21-10-4-2-3-9(7-10)14-22-15(25-23-14)16(18,19)20/h2-3,5-8,21H,1H3. The SMILES string of the molecule is COc1ccc(Nc2[c]ccc(-c3noc(C(F)(F)Cl)n3)c2)c(Cl)c1. The average Bonchev–Trinajstić information content (AvgIpc) is 3.07. The van der Waals surface area contributed by atoms with E-state index in [2.05, 4.69) is 26.0 Å². The number of alkyl halides is 3. The fraction of sp³-hybridized carbons (Fsp3) is 0.125. The summed E-state index contributed by atoms with van der Waals surface area (Å²) in [6.07, 6.45) is 0. The zero-order valence-corrected chi connectivity index (χ0v) is 14.2. The second-order valence-electron chi connectivity index (χ2n) is 4.88. The van der Waals surface area contributed by atoms with Gasteiger partial charge in [-0.1, -0.05) is 28.9 Å². The van der Waals surface area contributed by atoms with Crippen LogP contribution in [0.15, 0.2) is 40.9 Å². The summed E-state index contributed by atoms with van der Waals surface area (Å²) in [6, 6.07) is 12.9. The molecule has 0 saturated heterocycles. The average molecular weight is 385 g/mol. The summed E-state index contributed by atoms with van der Waals surface area (Å²) < 4.78 is 35.5. The highest BCUT2D eigenvalue weighted by Gasteiger charge is 2.35. The van der Waals surface area contributed by atoms with E-state index in [9.17, 15) is 8.78 Å². The number of ether oxygens (including phenoxy) is 1. The molecule has 129 valence electrons. The number of benzene rings is 2. The molecule has 0 aliphatic rings. The van der Waals surface area contributed by atoms with Gasteiger partial charge in [-0.25, -0.2) is 0 Å². The molecule has 3 rings (SSSR count). The number of nitrogens with zero attached hydrogens (tertiary/aromatic N) is 2. The maximum absolute atomic E-state index is 13.0. The minimum absolute atomic E-state index is 0.0202. The Kier molecular flexibility index (Phi) is 4.78. The van der Waals surface area contributed by atoms with E-state index >= 15 is 0 Å². The first-order valence-corrected chi connectivity index (χ1v) is 7.66. The number of nitrogens with one attached hydrogen (secondary N) is 1. The highest BCUT2D eigenvalue weighted by atomic mass is 35.5. The van der Waals surface area contributed by atoms with E-state index in [1.165, 1.54) is 0 Å². The van der Waals surface area contributed by atoms with Gasteiger partial charge in [0.1, 0.15) is 5.75 Å². The van der Waals surface area contributed by atoms with Crippen LogP contribution in [-0.2, 0) is 5.38 Å². The second-order valence-corrected chi connectivity index (χ2v) is 5.76. The topological polar surface area (TPSA) is 60.2 Å². The predicted octanol–water partition coefficient (Wildman–Crippen LogP) is 5.23. The molecule has 25 heavy (non-hydrogen) atoms. The van der Waals surface area contributed by atoms with Crippen molar-refractivity contribution < 1.29 is 18.0 Å². The van der Waals surface area contributed by atoms with Crippen LogP contribution in [0.2, 0.25) is 5.02 Å². The predicted molar refractivity (Wildman–Crippen MR) is 89.6 cm³/mol. The van der Waals surface area contributed by atoms with E-state index in [1.807, 2.05) is 0 Å². The first-order chi connectivity index (χ1) is 11.9. The molecular weight excluding hydrogens is 375 g/mol. The first-order valence-electron chi connectivity index (χ1n) is 6.90. The Balaban J connectivity index is 1.86. The summed E-state index contributed by atoms with van der Waals surface area (Å²) in [6.45, 7) is 0. The monoisotopic (exact) mass is 384 g/mol. The van der Waals surface area contributed by atoms with E-state index in [4.69, 9.17) is 27.9 Å². The highest BCUT2D eigenvalue weighted by molar-refractivity contribution is 6.33. The van der Waals surface area contributed by atoms with Crippen LogP contribution in [0.1, 0.15) is 5.89 Å². The lowest BCUT2D eigenvalue weighted by Crippen LogP contribution is -2.03. The number of aromatic nitrogens is 2. The summed E-state index contributed by atoms with van der Waals surface area (Å²) >= 11 is 11.0. The normalized spacial score (nSPS) is 11.4. The van der Waals surface area contributed by atoms with Gasteiger partial charge >= 0.3 is 11.3 Å². The minimum Gasteiger partial charge on any atom is -0.497 e. The maximum Gasteiger partial charge on any atom is 0.400 e. The quantitative estimate of drug-likeness (QED) is 0.610. The molecule has 3 aromatic rings. The lowest BCUT2D eigenvalue weighted by atomic mass is 10.2. The van der Waals surface area contributed by atoms with Crippen LogP contribution in [0.4, 0.5) is 20.2 Å². The number of hydrogen-bond donors (Lipinski definition) is 1. The van der Waals surface area contributed by atoms with Crippen LogP contribution in [0, 0.1) is 6.07 Å². The zero-order chi connectivity index (χ0) is 18.0. The Morgan fingerprint density at radius 2 is 2.08 bits per heavy atom. The molecule has 0 bridgehead atoms. The van der Waals surface area contributed by atoms with E-state index in [0.29, 0.717) is 27.7 Å². The van der Waals surface area contributed by atoms with Crippen molar-refractivity contribution in [2.45, 2.75) is 5.38 Å². The third-order valence-electron chi connectivity index (χ3n) is 3.17. The minimum atomic E-state index is -3.72. The number of rotatable bonds is 5. The third-order valence-corrected chi connectivity index (χ3v) is 3.65. The van der Waals surface area contributed by atoms with Crippen molar-refractivity contribution >= 4 is 34.6 Å². The van der Waals surface area contributed by atoms with Gasteiger partial charge in [0, 0.05) is 23.4 Å². The molecule has 0 saturated carbocycles. The molecule has 0 fully saturated rings. The van der Waals surface area contributed by atoms with E-state index < -0.39 is 11.3 Å². The second kappa shape index (κ2) is 6.85. The van der Waals surface area contributed by atoms with Gasteiger partial charge < -0.3 is 14.6 Å². The number of hydrogen-bond acceptors (Lipinski definition) is 5. The Bertz CT molecular complexity index is 897. The summed E-state index contributed by atoms with van der Waals surface area (Å²) in [5.41, 5.74) is 1.60. The Morgan fingerprint density at radius 3 is 2.72 bits per heavy atom.